The largest absolute Gasteiger partial charge is 0.378 e. The number of hydrogen-bond acceptors (Lipinski definition) is 1. The molecule has 1 heteroatoms. The third kappa shape index (κ3) is 5.15. The van der Waals surface area contributed by atoms with Crippen LogP contribution in [0.1, 0.15) is 11.1 Å². The number of allylic oxidation sites excluding steroid dienone is 4. The highest BCUT2D eigenvalue weighted by atomic mass is 15.1. The van der Waals surface area contributed by atoms with Gasteiger partial charge < -0.3 is 4.90 Å². The molecule has 106 valence electrons. The molecule has 1 nitrogen and oxygen atoms in total. The number of nitrogens with zero attached hydrogens (tertiary/aromatic N) is 1. The van der Waals surface area contributed by atoms with Gasteiger partial charge in [0, 0.05) is 19.8 Å². The molecule has 2 aromatic carbocycles. The van der Waals surface area contributed by atoms with Crippen LogP contribution >= 0.6 is 0 Å². The van der Waals surface area contributed by atoms with Gasteiger partial charge in [-0.1, -0.05) is 78.9 Å². The van der Waals surface area contributed by atoms with Gasteiger partial charge in [-0.3, -0.25) is 0 Å². The van der Waals surface area contributed by atoms with Gasteiger partial charge >= 0.3 is 0 Å². The number of benzene rings is 2. The fourth-order valence-electron chi connectivity index (χ4n) is 1.91. The Hall–Kier alpha value is -2.54. The molecule has 0 heterocycles. The Morgan fingerprint density at radius 2 is 1.14 bits per heavy atom. The van der Waals surface area contributed by atoms with Crippen LogP contribution < -0.4 is 4.90 Å². The predicted octanol–water partition coefficient (Wildman–Crippen LogP) is 5.04. The second-order valence-electron chi connectivity index (χ2n) is 5.00. The molecule has 0 saturated carbocycles. The van der Waals surface area contributed by atoms with Crippen LogP contribution in [0, 0.1) is 0 Å². The Labute approximate surface area is 127 Å². The molecular formula is C20H21N. The topological polar surface area (TPSA) is 3.24 Å². The molecule has 0 radical (unpaired) electrons. The van der Waals surface area contributed by atoms with E-state index in [4.69, 9.17) is 0 Å². The average Bonchev–Trinajstić information content (AvgIpc) is 2.52. The second-order valence-corrected chi connectivity index (χ2v) is 5.00. The monoisotopic (exact) mass is 275 g/mol. The van der Waals surface area contributed by atoms with E-state index in [1.807, 2.05) is 44.4 Å². The highest BCUT2D eigenvalue weighted by Crippen LogP contribution is 2.13. The summed E-state index contributed by atoms with van der Waals surface area (Å²) in [6.45, 7) is 0. The van der Waals surface area contributed by atoms with Crippen molar-refractivity contribution in [3.63, 3.8) is 0 Å². The quantitative estimate of drug-likeness (QED) is 0.691. The van der Waals surface area contributed by atoms with Crippen LogP contribution in [-0.2, 0) is 0 Å². The summed E-state index contributed by atoms with van der Waals surface area (Å²) in [6, 6.07) is 18.8. The molecule has 0 aromatic heterocycles. The molecule has 2 rings (SSSR count). The van der Waals surface area contributed by atoms with E-state index in [1.54, 1.807) is 0 Å². The molecule has 0 aliphatic rings. The van der Waals surface area contributed by atoms with Crippen molar-refractivity contribution >= 4 is 17.8 Å². The first-order chi connectivity index (χ1) is 10.3. The zero-order valence-corrected chi connectivity index (χ0v) is 12.6. The van der Waals surface area contributed by atoms with Crippen molar-refractivity contribution in [2.75, 3.05) is 19.0 Å². The van der Waals surface area contributed by atoms with E-state index < -0.39 is 0 Å². The Kier molecular flexibility index (Phi) is 5.60. The maximum Gasteiger partial charge on any atom is 0.0361 e. The standard InChI is InChI=1S/C20H21N/c1-21(2)20-16-14-19(15-17-20)13-7-4-3-6-10-18-11-8-5-9-12-18/h3-17H,1-2H3/b4-3+,10-6+,13-7+. The lowest BCUT2D eigenvalue weighted by Gasteiger charge is -2.11. The van der Waals surface area contributed by atoms with Crippen LogP contribution in [0.25, 0.3) is 12.2 Å². The average molecular weight is 275 g/mol. The maximum absolute atomic E-state index is 2.12. The van der Waals surface area contributed by atoms with Crippen molar-refractivity contribution in [3.05, 3.63) is 90.0 Å². The van der Waals surface area contributed by atoms with E-state index in [1.165, 1.54) is 16.8 Å². The highest BCUT2D eigenvalue weighted by Gasteiger charge is 1.92. The second kappa shape index (κ2) is 7.91. The summed E-state index contributed by atoms with van der Waals surface area (Å²) in [4.78, 5) is 2.10. The van der Waals surface area contributed by atoms with Gasteiger partial charge in [-0.05, 0) is 23.3 Å². The summed E-state index contributed by atoms with van der Waals surface area (Å²) in [5.74, 6) is 0. The lowest BCUT2D eigenvalue weighted by atomic mass is 10.2. The molecule has 0 fully saturated rings. The van der Waals surface area contributed by atoms with E-state index in [2.05, 4.69) is 65.6 Å². The normalized spacial score (nSPS) is 11.7. The fourth-order valence-corrected chi connectivity index (χ4v) is 1.91. The molecule has 0 N–H and O–H groups in total. The molecule has 21 heavy (non-hydrogen) atoms. The lowest BCUT2D eigenvalue weighted by Crippen LogP contribution is -2.07. The summed E-state index contributed by atoms with van der Waals surface area (Å²) in [5, 5.41) is 0. The zero-order valence-electron chi connectivity index (χ0n) is 12.6. The van der Waals surface area contributed by atoms with Crippen molar-refractivity contribution < 1.29 is 0 Å². The molecule has 0 aliphatic heterocycles. The molecule has 0 aliphatic carbocycles. The van der Waals surface area contributed by atoms with Crippen molar-refractivity contribution in [2.24, 2.45) is 0 Å². The molecular weight excluding hydrogens is 254 g/mol. The molecule has 0 spiro atoms. The number of anilines is 1. The van der Waals surface area contributed by atoms with Gasteiger partial charge in [0.2, 0.25) is 0 Å². The van der Waals surface area contributed by atoms with Crippen molar-refractivity contribution in [1.29, 1.82) is 0 Å². The summed E-state index contributed by atoms with van der Waals surface area (Å²) >= 11 is 0. The summed E-state index contributed by atoms with van der Waals surface area (Å²) < 4.78 is 0. The molecule has 0 unspecified atom stereocenters. The van der Waals surface area contributed by atoms with E-state index in [0.717, 1.165) is 0 Å². The SMILES string of the molecule is CN(C)c1ccc(/C=C/C=C/C=C/c2ccccc2)cc1. The highest BCUT2D eigenvalue weighted by molar-refractivity contribution is 5.57. The van der Waals surface area contributed by atoms with Gasteiger partial charge in [0.15, 0.2) is 0 Å². The van der Waals surface area contributed by atoms with E-state index in [-0.39, 0.29) is 0 Å². The first-order valence-electron chi connectivity index (χ1n) is 7.09. The smallest absolute Gasteiger partial charge is 0.0361 e. The van der Waals surface area contributed by atoms with Crippen molar-refractivity contribution in [3.8, 4) is 0 Å². The molecule has 0 amide bonds. The van der Waals surface area contributed by atoms with Gasteiger partial charge in [0.25, 0.3) is 0 Å². The Balaban J connectivity index is 1.87. The van der Waals surface area contributed by atoms with E-state index in [0.29, 0.717) is 0 Å². The zero-order chi connectivity index (χ0) is 14.9. The third-order valence-corrected chi connectivity index (χ3v) is 3.12. The third-order valence-electron chi connectivity index (χ3n) is 3.12. The molecule has 0 saturated heterocycles. The number of rotatable bonds is 5. The van der Waals surface area contributed by atoms with E-state index >= 15 is 0 Å². The van der Waals surface area contributed by atoms with Crippen LogP contribution in [0.3, 0.4) is 0 Å². The maximum atomic E-state index is 2.12. The van der Waals surface area contributed by atoms with Gasteiger partial charge in [0.1, 0.15) is 0 Å². The minimum atomic E-state index is 1.21. The summed E-state index contributed by atoms with van der Waals surface area (Å²) in [7, 11) is 4.10. The Morgan fingerprint density at radius 1 is 0.619 bits per heavy atom. The minimum Gasteiger partial charge on any atom is -0.378 e. The van der Waals surface area contributed by atoms with Gasteiger partial charge in [-0.25, -0.2) is 0 Å². The van der Waals surface area contributed by atoms with Gasteiger partial charge in [0.05, 0.1) is 0 Å². The van der Waals surface area contributed by atoms with Crippen LogP contribution in [-0.4, -0.2) is 14.1 Å². The Bertz CT molecular complexity index is 617. The molecule has 0 atom stereocenters. The van der Waals surface area contributed by atoms with Crippen LogP contribution in [0.4, 0.5) is 5.69 Å². The molecule has 2 aromatic rings. The number of hydrogen-bond donors (Lipinski definition) is 0. The first kappa shape index (κ1) is 14.9. The van der Waals surface area contributed by atoms with Gasteiger partial charge in [-0.2, -0.15) is 0 Å². The molecule has 0 bridgehead atoms. The first-order valence-corrected chi connectivity index (χ1v) is 7.09. The van der Waals surface area contributed by atoms with Gasteiger partial charge in [-0.15, -0.1) is 0 Å². The summed E-state index contributed by atoms with van der Waals surface area (Å²) in [6.07, 6.45) is 12.4. The van der Waals surface area contributed by atoms with Crippen LogP contribution in [0.15, 0.2) is 78.9 Å². The van der Waals surface area contributed by atoms with E-state index in [9.17, 15) is 0 Å². The van der Waals surface area contributed by atoms with Crippen molar-refractivity contribution in [2.45, 2.75) is 0 Å². The fraction of sp³-hybridized carbons (Fsp3) is 0.100. The Morgan fingerprint density at radius 3 is 1.67 bits per heavy atom. The van der Waals surface area contributed by atoms with Crippen molar-refractivity contribution in [1.82, 2.24) is 0 Å². The van der Waals surface area contributed by atoms with Crippen LogP contribution in [0.5, 0.6) is 0 Å². The van der Waals surface area contributed by atoms with Crippen LogP contribution in [0.2, 0.25) is 0 Å². The minimum absolute atomic E-state index is 1.21. The predicted molar refractivity (Wildman–Crippen MR) is 94.4 cm³/mol. The summed E-state index contributed by atoms with van der Waals surface area (Å²) in [5.41, 5.74) is 3.64. The lowest BCUT2D eigenvalue weighted by molar-refractivity contribution is 1.13.